The van der Waals surface area contributed by atoms with Crippen molar-refractivity contribution in [2.75, 3.05) is 0 Å². The lowest BCUT2D eigenvalue weighted by Gasteiger charge is -2.20. The van der Waals surface area contributed by atoms with Crippen molar-refractivity contribution < 1.29 is 19.5 Å². The van der Waals surface area contributed by atoms with Gasteiger partial charge in [-0.2, -0.15) is 0 Å². The molecule has 2 unspecified atom stereocenters. The summed E-state index contributed by atoms with van der Waals surface area (Å²) in [5, 5.41) is 14.5. The Morgan fingerprint density at radius 3 is 2.33 bits per heavy atom. The van der Waals surface area contributed by atoms with Crippen LogP contribution in [0.4, 0.5) is 0 Å². The molecule has 6 nitrogen and oxygen atoms in total. The summed E-state index contributed by atoms with van der Waals surface area (Å²) < 4.78 is 0. The van der Waals surface area contributed by atoms with Gasteiger partial charge in [-0.15, -0.1) is 0 Å². The molecule has 24 heavy (non-hydrogen) atoms. The molecule has 0 spiro atoms. The minimum absolute atomic E-state index is 0.0279. The average molecular weight is 332 g/mol. The van der Waals surface area contributed by atoms with E-state index >= 15 is 0 Å². The number of benzene rings is 1. The third-order valence-electron chi connectivity index (χ3n) is 4.38. The van der Waals surface area contributed by atoms with E-state index < -0.39 is 24.0 Å². The zero-order valence-corrected chi connectivity index (χ0v) is 13.8. The van der Waals surface area contributed by atoms with Crippen molar-refractivity contribution in [2.45, 2.75) is 51.1 Å². The number of carbonyl (C=O) groups is 3. The second-order valence-electron chi connectivity index (χ2n) is 6.30. The fraction of sp³-hybridized carbons (Fsp3) is 0.500. The summed E-state index contributed by atoms with van der Waals surface area (Å²) >= 11 is 0. The lowest BCUT2D eigenvalue weighted by molar-refractivity contribution is -0.142. The molecular formula is C18H24N2O4. The third kappa shape index (κ3) is 5.08. The number of rotatable bonds is 7. The van der Waals surface area contributed by atoms with Crippen molar-refractivity contribution in [2.24, 2.45) is 5.92 Å². The summed E-state index contributed by atoms with van der Waals surface area (Å²) in [7, 11) is 0. The van der Waals surface area contributed by atoms with Gasteiger partial charge in [-0.05, 0) is 25.3 Å². The molecule has 1 fully saturated rings. The quantitative estimate of drug-likeness (QED) is 0.705. The molecule has 1 aromatic rings. The number of carboxylic acid groups (broad SMARTS) is 1. The van der Waals surface area contributed by atoms with Gasteiger partial charge in [0.2, 0.25) is 11.8 Å². The molecule has 0 saturated heterocycles. The van der Waals surface area contributed by atoms with E-state index in [1.165, 1.54) is 0 Å². The number of nitrogens with one attached hydrogen (secondary N) is 2. The zero-order valence-electron chi connectivity index (χ0n) is 13.8. The molecule has 2 rings (SSSR count). The molecule has 2 atom stereocenters. The predicted octanol–water partition coefficient (Wildman–Crippen LogP) is 1.49. The number of hydrogen-bond acceptors (Lipinski definition) is 3. The molecule has 0 aromatic heterocycles. The van der Waals surface area contributed by atoms with E-state index in [-0.39, 0.29) is 18.2 Å². The van der Waals surface area contributed by atoms with Crippen LogP contribution in [-0.4, -0.2) is 35.0 Å². The number of carbonyl (C=O) groups excluding carboxylic acids is 2. The highest BCUT2D eigenvalue weighted by atomic mass is 16.4. The predicted molar refractivity (Wildman–Crippen MR) is 89.3 cm³/mol. The van der Waals surface area contributed by atoms with Crippen LogP contribution in [0.3, 0.4) is 0 Å². The standard InChI is InChI=1S/C18H24N2O4/c1-12(19-17(22)14-9-5-6-10-14)16(21)20-15(18(23)24)11-13-7-3-2-4-8-13/h2-4,7-8,12,14-15H,5-6,9-11H2,1H3,(H,19,22)(H,20,21)(H,23,24). The number of carboxylic acids is 1. The van der Waals surface area contributed by atoms with Crippen molar-refractivity contribution in [3.63, 3.8) is 0 Å². The molecule has 0 aliphatic heterocycles. The minimum atomic E-state index is -1.10. The Kier molecular flexibility index (Phi) is 6.35. The molecule has 1 aromatic carbocycles. The molecule has 0 heterocycles. The van der Waals surface area contributed by atoms with Gasteiger partial charge in [0.05, 0.1) is 0 Å². The van der Waals surface area contributed by atoms with Gasteiger partial charge in [-0.1, -0.05) is 43.2 Å². The molecule has 0 bridgehead atoms. The Hall–Kier alpha value is -2.37. The van der Waals surface area contributed by atoms with Gasteiger partial charge in [0.1, 0.15) is 12.1 Å². The van der Waals surface area contributed by atoms with Gasteiger partial charge in [0.15, 0.2) is 0 Å². The first kappa shape index (κ1) is 18.0. The van der Waals surface area contributed by atoms with Crippen LogP contribution < -0.4 is 10.6 Å². The van der Waals surface area contributed by atoms with Gasteiger partial charge in [0.25, 0.3) is 0 Å². The third-order valence-corrected chi connectivity index (χ3v) is 4.38. The minimum Gasteiger partial charge on any atom is -0.480 e. The summed E-state index contributed by atoms with van der Waals surface area (Å²) in [6.45, 7) is 1.57. The number of hydrogen-bond donors (Lipinski definition) is 3. The van der Waals surface area contributed by atoms with E-state index in [0.29, 0.717) is 0 Å². The lowest BCUT2D eigenvalue weighted by Crippen LogP contribution is -2.51. The summed E-state index contributed by atoms with van der Waals surface area (Å²) in [6, 6.07) is 7.33. The first-order valence-corrected chi connectivity index (χ1v) is 8.35. The largest absolute Gasteiger partial charge is 0.480 e. The molecule has 6 heteroatoms. The highest BCUT2D eigenvalue weighted by molar-refractivity contribution is 5.90. The molecule has 2 amide bonds. The summed E-state index contributed by atoms with van der Waals surface area (Å²) in [6.07, 6.45) is 3.98. The van der Waals surface area contributed by atoms with Gasteiger partial charge in [-0.25, -0.2) is 4.79 Å². The highest BCUT2D eigenvalue weighted by Gasteiger charge is 2.27. The number of amides is 2. The molecule has 0 radical (unpaired) electrons. The van der Waals surface area contributed by atoms with Crippen LogP contribution in [0, 0.1) is 5.92 Å². The van der Waals surface area contributed by atoms with Gasteiger partial charge < -0.3 is 15.7 Å². The number of aliphatic carboxylic acids is 1. The van der Waals surface area contributed by atoms with E-state index in [9.17, 15) is 19.5 Å². The van der Waals surface area contributed by atoms with Crippen molar-refractivity contribution >= 4 is 17.8 Å². The van der Waals surface area contributed by atoms with Crippen LogP contribution >= 0.6 is 0 Å². The molecule has 1 aliphatic carbocycles. The van der Waals surface area contributed by atoms with E-state index in [1.807, 2.05) is 30.3 Å². The topological polar surface area (TPSA) is 95.5 Å². The zero-order chi connectivity index (χ0) is 17.5. The maximum atomic E-state index is 12.2. The first-order chi connectivity index (χ1) is 11.5. The van der Waals surface area contributed by atoms with Crippen molar-refractivity contribution in [1.82, 2.24) is 10.6 Å². The van der Waals surface area contributed by atoms with E-state index in [4.69, 9.17) is 0 Å². The Bertz CT molecular complexity index is 582. The van der Waals surface area contributed by atoms with Crippen LogP contribution in [-0.2, 0) is 20.8 Å². The Balaban J connectivity index is 1.89. The molecule has 130 valence electrons. The molecule has 3 N–H and O–H groups in total. The van der Waals surface area contributed by atoms with Gasteiger partial charge in [-0.3, -0.25) is 9.59 Å². The maximum absolute atomic E-state index is 12.2. The van der Waals surface area contributed by atoms with Crippen LogP contribution in [0.1, 0.15) is 38.2 Å². The normalized spacial score (nSPS) is 17.0. The van der Waals surface area contributed by atoms with Crippen LogP contribution in [0.5, 0.6) is 0 Å². The molecular weight excluding hydrogens is 308 g/mol. The van der Waals surface area contributed by atoms with Crippen LogP contribution in [0.25, 0.3) is 0 Å². The van der Waals surface area contributed by atoms with Crippen molar-refractivity contribution in [3.05, 3.63) is 35.9 Å². The Morgan fingerprint density at radius 2 is 1.75 bits per heavy atom. The summed E-state index contributed by atoms with van der Waals surface area (Å²) in [5.41, 5.74) is 0.827. The highest BCUT2D eigenvalue weighted by Crippen LogP contribution is 2.24. The molecule has 1 saturated carbocycles. The summed E-state index contributed by atoms with van der Waals surface area (Å²) in [5.74, 6) is -1.73. The van der Waals surface area contributed by atoms with Crippen molar-refractivity contribution in [3.8, 4) is 0 Å². The Labute approximate surface area is 141 Å². The van der Waals surface area contributed by atoms with Gasteiger partial charge in [0, 0.05) is 12.3 Å². The monoisotopic (exact) mass is 332 g/mol. The summed E-state index contributed by atoms with van der Waals surface area (Å²) in [4.78, 5) is 35.7. The first-order valence-electron chi connectivity index (χ1n) is 8.35. The van der Waals surface area contributed by atoms with Crippen LogP contribution in [0.2, 0.25) is 0 Å². The van der Waals surface area contributed by atoms with Crippen molar-refractivity contribution in [1.29, 1.82) is 0 Å². The van der Waals surface area contributed by atoms with E-state index in [1.54, 1.807) is 6.92 Å². The molecule has 1 aliphatic rings. The average Bonchev–Trinajstić information content (AvgIpc) is 3.09. The van der Waals surface area contributed by atoms with E-state index in [2.05, 4.69) is 10.6 Å². The fourth-order valence-electron chi connectivity index (χ4n) is 2.93. The second kappa shape index (κ2) is 8.47. The SMILES string of the molecule is CC(NC(=O)C1CCCC1)C(=O)NC(Cc1ccccc1)C(=O)O. The van der Waals surface area contributed by atoms with E-state index in [0.717, 1.165) is 31.2 Å². The van der Waals surface area contributed by atoms with Gasteiger partial charge >= 0.3 is 5.97 Å². The smallest absolute Gasteiger partial charge is 0.326 e. The lowest BCUT2D eigenvalue weighted by atomic mass is 10.1. The Morgan fingerprint density at radius 1 is 1.12 bits per heavy atom. The van der Waals surface area contributed by atoms with Crippen LogP contribution in [0.15, 0.2) is 30.3 Å². The maximum Gasteiger partial charge on any atom is 0.326 e. The second-order valence-corrected chi connectivity index (χ2v) is 6.30. The fourth-order valence-corrected chi connectivity index (χ4v) is 2.93.